The molecule has 0 aromatic heterocycles. The molecule has 0 spiro atoms. The fourth-order valence-corrected chi connectivity index (χ4v) is 2.24. The maximum Gasteiger partial charge on any atom is 0.163 e. The summed E-state index contributed by atoms with van der Waals surface area (Å²) in [5.74, 6) is 0.0361. The molecular weight excluding hydrogens is 268 g/mol. The van der Waals surface area contributed by atoms with Crippen LogP contribution >= 0.6 is 0 Å². The number of ether oxygens (including phenoxy) is 2. The van der Waals surface area contributed by atoms with Crippen molar-refractivity contribution in [2.75, 3.05) is 6.61 Å². The minimum absolute atomic E-state index is 0.0336. The van der Waals surface area contributed by atoms with Crippen LogP contribution in [-0.2, 0) is 19.1 Å². The summed E-state index contributed by atoms with van der Waals surface area (Å²) in [5, 5.41) is 0. The van der Waals surface area contributed by atoms with Crippen molar-refractivity contribution >= 4 is 11.6 Å². The number of Topliss-reactive ketones (excluding diaryl/α,β-unsaturated/α-hetero) is 2. The highest BCUT2D eigenvalue weighted by Gasteiger charge is 2.42. The van der Waals surface area contributed by atoms with Crippen LogP contribution in [0.2, 0.25) is 0 Å². The van der Waals surface area contributed by atoms with Gasteiger partial charge in [0.25, 0.3) is 0 Å². The summed E-state index contributed by atoms with van der Waals surface area (Å²) in [6.07, 6.45) is 2.71. The molecule has 21 heavy (non-hydrogen) atoms. The smallest absolute Gasteiger partial charge is 0.163 e. The largest absolute Gasteiger partial charge is 0.350 e. The Morgan fingerprint density at radius 3 is 1.95 bits per heavy atom. The quantitative estimate of drug-likeness (QED) is 0.772. The van der Waals surface area contributed by atoms with Crippen molar-refractivity contribution in [2.24, 2.45) is 5.41 Å². The predicted molar refractivity (Wildman–Crippen MR) is 84.2 cm³/mol. The summed E-state index contributed by atoms with van der Waals surface area (Å²) in [7, 11) is 0. The molecule has 4 nitrogen and oxygen atoms in total. The van der Waals surface area contributed by atoms with Crippen molar-refractivity contribution in [1.29, 1.82) is 0 Å². The monoisotopic (exact) mass is 300 g/mol. The number of carbonyl (C=O) groups is 2. The summed E-state index contributed by atoms with van der Waals surface area (Å²) in [5.41, 5.74) is -0.407. The molecule has 0 amide bonds. The van der Waals surface area contributed by atoms with Gasteiger partial charge in [-0.25, -0.2) is 0 Å². The summed E-state index contributed by atoms with van der Waals surface area (Å²) in [6, 6.07) is 0. The van der Waals surface area contributed by atoms with Crippen LogP contribution in [-0.4, -0.2) is 30.1 Å². The van der Waals surface area contributed by atoms with Gasteiger partial charge in [-0.05, 0) is 20.3 Å². The highest BCUT2D eigenvalue weighted by Crippen LogP contribution is 2.34. The summed E-state index contributed by atoms with van der Waals surface area (Å²) in [4.78, 5) is 22.0. The van der Waals surface area contributed by atoms with Gasteiger partial charge in [0.05, 0.1) is 12.7 Å². The average molecular weight is 300 g/mol. The number of hydrogen-bond acceptors (Lipinski definition) is 4. The van der Waals surface area contributed by atoms with Gasteiger partial charge in [0.15, 0.2) is 5.79 Å². The maximum absolute atomic E-state index is 11.8. The molecule has 1 rings (SSSR count). The zero-order chi connectivity index (χ0) is 16.7. The molecule has 0 saturated carbocycles. The average Bonchev–Trinajstić information content (AvgIpc) is 2.44. The Bertz CT molecular complexity index is 339. The van der Waals surface area contributed by atoms with E-state index in [1.807, 2.05) is 48.5 Å². The molecule has 1 aliphatic heterocycles. The van der Waals surface area contributed by atoms with Gasteiger partial charge >= 0.3 is 0 Å². The molecule has 124 valence electrons. The van der Waals surface area contributed by atoms with Crippen molar-refractivity contribution < 1.29 is 19.1 Å². The van der Waals surface area contributed by atoms with E-state index in [0.717, 1.165) is 6.42 Å². The van der Waals surface area contributed by atoms with Crippen LogP contribution in [0.4, 0.5) is 0 Å². The summed E-state index contributed by atoms with van der Waals surface area (Å²) < 4.78 is 11.3. The van der Waals surface area contributed by atoms with Crippen LogP contribution < -0.4 is 0 Å². The first kappa shape index (κ1) is 20.3. The van der Waals surface area contributed by atoms with Crippen molar-refractivity contribution in [3.63, 3.8) is 0 Å². The Morgan fingerprint density at radius 2 is 1.62 bits per heavy atom. The molecule has 0 N–H and O–H groups in total. The number of ketones is 2. The van der Waals surface area contributed by atoms with E-state index in [9.17, 15) is 9.59 Å². The Labute approximate surface area is 129 Å². The van der Waals surface area contributed by atoms with Gasteiger partial charge in [-0.1, -0.05) is 34.6 Å². The molecule has 1 aliphatic rings. The zero-order valence-corrected chi connectivity index (χ0v) is 14.7. The van der Waals surface area contributed by atoms with Crippen molar-refractivity contribution in [1.82, 2.24) is 0 Å². The van der Waals surface area contributed by atoms with E-state index < -0.39 is 11.2 Å². The molecule has 0 unspecified atom stereocenters. The van der Waals surface area contributed by atoms with Gasteiger partial charge in [0.1, 0.15) is 11.6 Å². The molecular formula is C17H32O4. The second-order valence-electron chi connectivity index (χ2n) is 6.39. The lowest BCUT2D eigenvalue weighted by Crippen LogP contribution is -2.49. The predicted octanol–water partition coefficient (Wildman–Crippen LogP) is 3.91. The molecule has 0 aromatic rings. The van der Waals surface area contributed by atoms with Crippen molar-refractivity contribution in [3.05, 3.63) is 0 Å². The zero-order valence-electron chi connectivity index (χ0n) is 14.7. The lowest BCUT2D eigenvalue weighted by Gasteiger charge is -2.42. The van der Waals surface area contributed by atoms with Crippen LogP contribution in [0.15, 0.2) is 0 Å². The third-order valence-corrected chi connectivity index (χ3v) is 3.89. The Kier molecular flexibility index (Phi) is 8.34. The topological polar surface area (TPSA) is 52.6 Å². The van der Waals surface area contributed by atoms with E-state index in [-0.39, 0.29) is 11.9 Å². The molecule has 0 aromatic carbocycles. The Balaban J connectivity index is 0.000000567. The maximum atomic E-state index is 11.8. The summed E-state index contributed by atoms with van der Waals surface area (Å²) >= 11 is 0. The van der Waals surface area contributed by atoms with Crippen LogP contribution in [0.3, 0.4) is 0 Å². The van der Waals surface area contributed by atoms with Crippen molar-refractivity contribution in [3.8, 4) is 0 Å². The van der Waals surface area contributed by atoms with E-state index in [0.29, 0.717) is 31.7 Å². The van der Waals surface area contributed by atoms with Gasteiger partial charge in [-0.2, -0.15) is 0 Å². The van der Waals surface area contributed by atoms with E-state index in [4.69, 9.17) is 9.47 Å². The lowest BCUT2D eigenvalue weighted by molar-refractivity contribution is -0.288. The normalized spacial score (nSPS) is 21.2. The molecule has 4 heteroatoms. The molecule has 1 heterocycles. The van der Waals surface area contributed by atoms with Gasteiger partial charge in [0.2, 0.25) is 0 Å². The minimum Gasteiger partial charge on any atom is -0.350 e. The second kappa shape index (κ2) is 8.64. The second-order valence-corrected chi connectivity index (χ2v) is 6.39. The van der Waals surface area contributed by atoms with Crippen LogP contribution in [0.1, 0.15) is 74.1 Å². The SMILES string of the molecule is CCC(=O)C(C)(C)[C@@H]1CCOC(C)(C)O1.CCC(=O)CC. The molecule has 1 atom stereocenters. The van der Waals surface area contributed by atoms with Crippen LogP contribution in [0.5, 0.6) is 0 Å². The van der Waals surface area contributed by atoms with E-state index in [1.54, 1.807) is 0 Å². The Hall–Kier alpha value is -0.740. The third kappa shape index (κ3) is 6.70. The fourth-order valence-electron chi connectivity index (χ4n) is 2.24. The molecule has 1 saturated heterocycles. The van der Waals surface area contributed by atoms with Gasteiger partial charge in [-0.15, -0.1) is 0 Å². The first-order valence-corrected chi connectivity index (χ1v) is 7.97. The van der Waals surface area contributed by atoms with Crippen molar-refractivity contribution in [2.45, 2.75) is 86.0 Å². The van der Waals surface area contributed by atoms with E-state index in [1.165, 1.54) is 0 Å². The number of hydrogen-bond donors (Lipinski definition) is 0. The number of rotatable bonds is 5. The molecule has 0 bridgehead atoms. The van der Waals surface area contributed by atoms with Crippen LogP contribution in [0, 0.1) is 5.41 Å². The van der Waals surface area contributed by atoms with E-state index >= 15 is 0 Å². The summed E-state index contributed by atoms with van der Waals surface area (Å²) in [6.45, 7) is 14.0. The third-order valence-electron chi connectivity index (χ3n) is 3.89. The first-order chi connectivity index (χ1) is 9.60. The lowest BCUT2D eigenvalue weighted by atomic mass is 9.79. The fraction of sp³-hybridized carbons (Fsp3) is 0.882. The molecule has 0 aliphatic carbocycles. The van der Waals surface area contributed by atoms with Gasteiger partial charge in [-0.3, -0.25) is 9.59 Å². The standard InChI is InChI=1S/C12H22O3.C5H10O/c1-6-9(13)11(2,3)10-7-8-14-12(4,5)15-10;1-3-5(6)4-2/h10H,6-8H2,1-5H3;3-4H2,1-2H3/t10-;/m0./s1. The van der Waals surface area contributed by atoms with Gasteiger partial charge in [0, 0.05) is 24.7 Å². The highest BCUT2D eigenvalue weighted by atomic mass is 16.7. The van der Waals surface area contributed by atoms with Gasteiger partial charge < -0.3 is 9.47 Å². The first-order valence-electron chi connectivity index (χ1n) is 7.97. The molecule has 1 fully saturated rings. The van der Waals surface area contributed by atoms with Crippen LogP contribution in [0.25, 0.3) is 0 Å². The Morgan fingerprint density at radius 1 is 1.10 bits per heavy atom. The number of carbonyl (C=O) groups excluding carboxylic acids is 2. The highest BCUT2D eigenvalue weighted by molar-refractivity contribution is 5.84. The molecule has 0 radical (unpaired) electrons. The van der Waals surface area contributed by atoms with E-state index in [2.05, 4.69) is 0 Å². The minimum atomic E-state index is -0.561.